The van der Waals surface area contributed by atoms with Crippen LogP contribution in [0.2, 0.25) is 0 Å². The van der Waals surface area contributed by atoms with Gasteiger partial charge in [-0.25, -0.2) is 0 Å². The maximum atomic E-state index is 5.53. The van der Waals surface area contributed by atoms with Crippen molar-refractivity contribution in [3.63, 3.8) is 0 Å². The fraction of sp³-hybridized carbons (Fsp3) is 0.750. The highest BCUT2D eigenvalue weighted by Crippen LogP contribution is 2.16. The second kappa shape index (κ2) is 3.67. The Labute approximate surface area is 82.7 Å². The van der Waals surface area contributed by atoms with Crippen LogP contribution in [0.5, 0.6) is 0 Å². The van der Waals surface area contributed by atoms with Crippen molar-refractivity contribution in [1.82, 2.24) is 14.8 Å². The molecule has 0 spiro atoms. The molecule has 13 heavy (non-hydrogen) atoms. The SMILES string of the molecule is Cc1nnc(S)n1CC1CCCO1. The summed E-state index contributed by atoms with van der Waals surface area (Å²) in [6.07, 6.45) is 2.61. The van der Waals surface area contributed by atoms with Crippen LogP contribution in [0.4, 0.5) is 0 Å². The van der Waals surface area contributed by atoms with E-state index in [4.69, 9.17) is 4.74 Å². The van der Waals surface area contributed by atoms with Crippen molar-refractivity contribution >= 4 is 12.6 Å². The molecule has 0 N–H and O–H groups in total. The van der Waals surface area contributed by atoms with Crippen molar-refractivity contribution in [2.24, 2.45) is 0 Å². The number of thiol groups is 1. The molecule has 0 aliphatic carbocycles. The van der Waals surface area contributed by atoms with Crippen molar-refractivity contribution in [1.29, 1.82) is 0 Å². The van der Waals surface area contributed by atoms with Crippen LogP contribution in [0.3, 0.4) is 0 Å². The van der Waals surface area contributed by atoms with E-state index < -0.39 is 0 Å². The maximum absolute atomic E-state index is 5.53. The van der Waals surface area contributed by atoms with Gasteiger partial charge in [0.15, 0.2) is 5.16 Å². The lowest BCUT2D eigenvalue weighted by Gasteiger charge is -2.11. The minimum absolute atomic E-state index is 0.320. The summed E-state index contributed by atoms with van der Waals surface area (Å²) in [5, 5.41) is 8.49. The molecule has 1 aliphatic rings. The zero-order chi connectivity index (χ0) is 9.26. The summed E-state index contributed by atoms with van der Waals surface area (Å²) in [7, 11) is 0. The predicted molar refractivity (Wildman–Crippen MR) is 51.0 cm³/mol. The van der Waals surface area contributed by atoms with E-state index in [1.165, 1.54) is 0 Å². The van der Waals surface area contributed by atoms with Gasteiger partial charge < -0.3 is 9.30 Å². The molecule has 1 aromatic rings. The molecule has 2 heterocycles. The summed E-state index contributed by atoms with van der Waals surface area (Å²) in [5.74, 6) is 0.903. The molecule has 0 radical (unpaired) electrons. The Hall–Kier alpha value is -0.550. The largest absolute Gasteiger partial charge is 0.376 e. The first-order valence-electron chi connectivity index (χ1n) is 4.48. The molecular weight excluding hydrogens is 186 g/mol. The van der Waals surface area contributed by atoms with Crippen molar-refractivity contribution in [3.8, 4) is 0 Å². The van der Waals surface area contributed by atoms with Gasteiger partial charge in [0.2, 0.25) is 0 Å². The lowest BCUT2D eigenvalue weighted by molar-refractivity contribution is 0.0944. The van der Waals surface area contributed by atoms with Gasteiger partial charge in [-0.3, -0.25) is 0 Å². The molecule has 1 saturated heterocycles. The van der Waals surface area contributed by atoms with E-state index in [9.17, 15) is 0 Å². The average Bonchev–Trinajstić information content (AvgIpc) is 2.70. The van der Waals surface area contributed by atoms with E-state index in [1.54, 1.807) is 0 Å². The molecule has 0 aromatic carbocycles. The van der Waals surface area contributed by atoms with Crippen LogP contribution >= 0.6 is 12.6 Å². The maximum Gasteiger partial charge on any atom is 0.188 e. The summed E-state index contributed by atoms with van der Waals surface area (Å²) in [6, 6.07) is 0. The molecule has 2 rings (SSSR count). The quantitative estimate of drug-likeness (QED) is 0.724. The molecule has 0 bridgehead atoms. The molecule has 0 amide bonds. The van der Waals surface area contributed by atoms with Crippen molar-refractivity contribution < 1.29 is 4.74 Å². The molecule has 1 unspecified atom stereocenters. The van der Waals surface area contributed by atoms with E-state index in [-0.39, 0.29) is 0 Å². The lowest BCUT2D eigenvalue weighted by atomic mass is 10.2. The Morgan fingerprint density at radius 3 is 3.00 bits per heavy atom. The first-order chi connectivity index (χ1) is 6.27. The third-order valence-corrected chi connectivity index (χ3v) is 2.66. The fourth-order valence-electron chi connectivity index (χ4n) is 1.58. The minimum Gasteiger partial charge on any atom is -0.376 e. The minimum atomic E-state index is 0.320. The molecule has 72 valence electrons. The smallest absolute Gasteiger partial charge is 0.188 e. The Bertz CT molecular complexity index is 274. The van der Waals surface area contributed by atoms with Crippen molar-refractivity contribution in [2.75, 3.05) is 6.61 Å². The molecule has 4 nitrogen and oxygen atoms in total. The second-order valence-corrected chi connectivity index (χ2v) is 3.69. The third kappa shape index (κ3) is 1.86. The monoisotopic (exact) mass is 199 g/mol. The molecular formula is C8H13N3OS. The van der Waals surface area contributed by atoms with Crippen LogP contribution in [0.1, 0.15) is 18.7 Å². The van der Waals surface area contributed by atoms with Crippen LogP contribution in [0.25, 0.3) is 0 Å². The summed E-state index contributed by atoms with van der Waals surface area (Å²) in [5.41, 5.74) is 0. The van der Waals surface area contributed by atoms with Crippen LogP contribution in [-0.2, 0) is 11.3 Å². The first kappa shape index (κ1) is 9.02. The summed E-state index contributed by atoms with van der Waals surface area (Å²) in [4.78, 5) is 0. The van der Waals surface area contributed by atoms with Gasteiger partial charge in [-0.1, -0.05) is 0 Å². The Morgan fingerprint density at radius 2 is 2.46 bits per heavy atom. The summed E-state index contributed by atoms with van der Waals surface area (Å²) < 4.78 is 7.51. The highest BCUT2D eigenvalue weighted by atomic mass is 32.1. The van der Waals surface area contributed by atoms with Gasteiger partial charge in [-0.2, -0.15) is 0 Å². The molecule has 0 saturated carbocycles. The van der Waals surface area contributed by atoms with Gasteiger partial charge in [-0.15, -0.1) is 22.8 Å². The van der Waals surface area contributed by atoms with Crippen molar-refractivity contribution in [3.05, 3.63) is 5.82 Å². The standard InChI is InChI=1S/C8H13N3OS/c1-6-9-10-8(13)11(6)5-7-3-2-4-12-7/h7H,2-5H2,1H3,(H,10,13). The van der Waals surface area contributed by atoms with Crippen LogP contribution in [0.15, 0.2) is 5.16 Å². The van der Waals surface area contributed by atoms with Gasteiger partial charge >= 0.3 is 0 Å². The second-order valence-electron chi connectivity index (χ2n) is 3.29. The normalized spacial score (nSPS) is 22.5. The lowest BCUT2D eigenvalue weighted by Crippen LogP contribution is -2.16. The number of hydrogen-bond acceptors (Lipinski definition) is 4. The number of rotatable bonds is 2. The summed E-state index contributed by atoms with van der Waals surface area (Å²) >= 11 is 4.23. The molecule has 1 fully saturated rings. The Morgan fingerprint density at radius 1 is 1.62 bits per heavy atom. The van der Waals surface area contributed by atoms with Gasteiger partial charge in [0.1, 0.15) is 5.82 Å². The zero-order valence-electron chi connectivity index (χ0n) is 7.60. The van der Waals surface area contributed by atoms with E-state index in [2.05, 4.69) is 22.8 Å². The Balaban J connectivity index is 2.07. The number of ether oxygens (including phenoxy) is 1. The van der Waals surface area contributed by atoms with Crippen molar-refractivity contribution in [2.45, 2.75) is 37.6 Å². The fourth-order valence-corrected chi connectivity index (χ4v) is 1.85. The number of aryl methyl sites for hydroxylation is 1. The zero-order valence-corrected chi connectivity index (χ0v) is 8.50. The molecule has 1 aliphatic heterocycles. The van der Waals surface area contributed by atoms with Gasteiger partial charge in [0, 0.05) is 6.61 Å². The highest BCUT2D eigenvalue weighted by Gasteiger charge is 2.18. The van der Waals surface area contributed by atoms with E-state index in [1.807, 2.05) is 11.5 Å². The van der Waals surface area contributed by atoms with Gasteiger partial charge in [-0.05, 0) is 19.8 Å². The van der Waals surface area contributed by atoms with Crippen LogP contribution in [-0.4, -0.2) is 27.5 Å². The van der Waals surface area contributed by atoms with Gasteiger partial charge in [0.05, 0.1) is 12.6 Å². The van der Waals surface area contributed by atoms with Crippen LogP contribution < -0.4 is 0 Å². The molecule has 1 aromatic heterocycles. The Kier molecular flexibility index (Phi) is 2.55. The van der Waals surface area contributed by atoms with E-state index in [0.717, 1.165) is 31.8 Å². The number of aromatic nitrogens is 3. The van der Waals surface area contributed by atoms with Gasteiger partial charge in [0.25, 0.3) is 0 Å². The summed E-state index contributed by atoms with van der Waals surface area (Å²) in [6.45, 7) is 3.65. The van der Waals surface area contributed by atoms with E-state index in [0.29, 0.717) is 11.3 Å². The molecule has 5 heteroatoms. The number of hydrogen-bond donors (Lipinski definition) is 1. The number of nitrogens with zero attached hydrogens (tertiary/aromatic N) is 3. The van der Waals surface area contributed by atoms with Crippen LogP contribution in [0, 0.1) is 6.92 Å². The average molecular weight is 199 g/mol. The third-order valence-electron chi connectivity index (χ3n) is 2.33. The first-order valence-corrected chi connectivity index (χ1v) is 4.92. The predicted octanol–water partition coefficient (Wildman–Crippen LogP) is 1.05. The highest BCUT2D eigenvalue weighted by molar-refractivity contribution is 7.80. The topological polar surface area (TPSA) is 39.9 Å². The molecule has 1 atom stereocenters. The van der Waals surface area contributed by atoms with E-state index >= 15 is 0 Å².